The molecule has 0 aromatic carbocycles. The topological polar surface area (TPSA) is 89.1 Å². The second-order valence-electron chi connectivity index (χ2n) is 8.25. The SMILES string of the molecule is CCn1ccc(-c2cc(C(=O)NC3C[C@H]4CC[C@H](C3)N4C)c3c(C)noc3n2)n1. The van der Waals surface area contributed by atoms with Crippen LogP contribution in [0.15, 0.2) is 22.9 Å². The summed E-state index contributed by atoms with van der Waals surface area (Å²) in [5.41, 5.74) is 2.94. The van der Waals surface area contributed by atoms with Crippen molar-refractivity contribution < 1.29 is 9.32 Å². The van der Waals surface area contributed by atoms with Crippen LogP contribution in [0.25, 0.3) is 22.5 Å². The Kier molecular flexibility index (Phi) is 4.38. The Labute approximate surface area is 169 Å². The van der Waals surface area contributed by atoms with E-state index in [-0.39, 0.29) is 11.9 Å². The van der Waals surface area contributed by atoms with Crippen LogP contribution < -0.4 is 5.32 Å². The van der Waals surface area contributed by atoms with E-state index in [0.29, 0.717) is 45.8 Å². The maximum Gasteiger partial charge on any atom is 0.259 e. The molecule has 2 aliphatic rings. The van der Waals surface area contributed by atoms with E-state index >= 15 is 0 Å². The highest BCUT2D eigenvalue weighted by atomic mass is 16.5. The first-order valence-corrected chi connectivity index (χ1v) is 10.4. The van der Waals surface area contributed by atoms with E-state index in [4.69, 9.17) is 4.52 Å². The monoisotopic (exact) mass is 394 g/mol. The fourth-order valence-electron chi connectivity index (χ4n) is 4.87. The summed E-state index contributed by atoms with van der Waals surface area (Å²) >= 11 is 0. The van der Waals surface area contributed by atoms with Gasteiger partial charge in [0.15, 0.2) is 0 Å². The third-order valence-electron chi connectivity index (χ3n) is 6.52. The molecule has 3 aromatic rings. The number of aromatic nitrogens is 4. The molecule has 0 unspecified atom stereocenters. The van der Waals surface area contributed by atoms with Crippen molar-refractivity contribution in [3.63, 3.8) is 0 Å². The molecule has 3 aromatic heterocycles. The normalized spacial score (nSPS) is 24.3. The Morgan fingerprint density at radius 2 is 2.03 bits per heavy atom. The molecule has 1 N–H and O–H groups in total. The van der Waals surface area contributed by atoms with Gasteiger partial charge in [-0.1, -0.05) is 5.16 Å². The van der Waals surface area contributed by atoms with Crippen molar-refractivity contribution in [3.05, 3.63) is 29.6 Å². The van der Waals surface area contributed by atoms with Crippen molar-refractivity contribution in [2.24, 2.45) is 0 Å². The molecule has 8 heteroatoms. The Bertz CT molecular complexity index is 1060. The molecule has 0 radical (unpaired) electrons. The van der Waals surface area contributed by atoms with E-state index in [9.17, 15) is 4.79 Å². The number of hydrogen-bond donors (Lipinski definition) is 1. The van der Waals surface area contributed by atoms with Crippen LogP contribution in [0.2, 0.25) is 0 Å². The van der Waals surface area contributed by atoms with Crippen molar-refractivity contribution >= 4 is 17.0 Å². The number of fused-ring (bicyclic) bond motifs is 3. The quantitative estimate of drug-likeness (QED) is 0.732. The highest BCUT2D eigenvalue weighted by Crippen LogP contribution is 2.34. The molecular weight excluding hydrogens is 368 g/mol. The lowest BCUT2D eigenvalue weighted by Gasteiger charge is -2.36. The zero-order valence-electron chi connectivity index (χ0n) is 17.1. The summed E-state index contributed by atoms with van der Waals surface area (Å²) in [4.78, 5) is 20.3. The Morgan fingerprint density at radius 3 is 2.72 bits per heavy atom. The average Bonchev–Trinajstić information content (AvgIpc) is 3.38. The lowest BCUT2D eigenvalue weighted by Crippen LogP contribution is -2.48. The van der Waals surface area contributed by atoms with Gasteiger partial charge in [0.1, 0.15) is 5.69 Å². The van der Waals surface area contributed by atoms with Crippen molar-refractivity contribution in [2.45, 2.75) is 64.2 Å². The second kappa shape index (κ2) is 6.95. The number of piperidine rings is 1. The summed E-state index contributed by atoms with van der Waals surface area (Å²) in [6.45, 7) is 4.64. The van der Waals surface area contributed by atoms with Crippen LogP contribution in [0.1, 0.15) is 48.7 Å². The Balaban J connectivity index is 1.48. The largest absolute Gasteiger partial charge is 0.349 e. The summed E-state index contributed by atoms with van der Waals surface area (Å²) in [6, 6.07) is 5.05. The van der Waals surface area contributed by atoms with Gasteiger partial charge in [-0.05, 0) is 58.7 Å². The summed E-state index contributed by atoms with van der Waals surface area (Å²) in [7, 11) is 2.20. The van der Waals surface area contributed by atoms with E-state index in [1.54, 1.807) is 0 Å². The first-order valence-electron chi connectivity index (χ1n) is 10.4. The van der Waals surface area contributed by atoms with Gasteiger partial charge in [-0.3, -0.25) is 9.48 Å². The summed E-state index contributed by atoms with van der Waals surface area (Å²) < 4.78 is 7.23. The number of carbonyl (C=O) groups is 1. The molecule has 2 aliphatic heterocycles. The van der Waals surface area contributed by atoms with Crippen LogP contribution in [0.3, 0.4) is 0 Å². The molecule has 5 heterocycles. The Hall–Kier alpha value is -2.74. The third kappa shape index (κ3) is 3.11. The van der Waals surface area contributed by atoms with Gasteiger partial charge in [-0.25, -0.2) is 4.98 Å². The summed E-state index contributed by atoms with van der Waals surface area (Å²) in [5, 5.41) is 12.5. The van der Waals surface area contributed by atoms with Gasteiger partial charge in [0.25, 0.3) is 11.6 Å². The van der Waals surface area contributed by atoms with E-state index in [0.717, 1.165) is 19.4 Å². The number of hydrogen-bond acceptors (Lipinski definition) is 6. The molecule has 2 saturated heterocycles. The van der Waals surface area contributed by atoms with E-state index < -0.39 is 0 Å². The zero-order valence-corrected chi connectivity index (χ0v) is 17.1. The van der Waals surface area contributed by atoms with Gasteiger partial charge in [-0.2, -0.15) is 5.10 Å². The fourth-order valence-corrected chi connectivity index (χ4v) is 4.87. The van der Waals surface area contributed by atoms with Gasteiger partial charge < -0.3 is 14.7 Å². The summed E-state index contributed by atoms with van der Waals surface area (Å²) in [5.74, 6) is -0.0890. The molecule has 0 saturated carbocycles. The van der Waals surface area contributed by atoms with Crippen molar-refractivity contribution in [1.82, 2.24) is 30.1 Å². The van der Waals surface area contributed by atoms with Crippen LogP contribution in [-0.2, 0) is 6.54 Å². The maximum atomic E-state index is 13.3. The van der Waals surface area contributed by atoms with Gasteiger partial charge in [0, 0.05) is 30.9 Å². The molecule has 29 heavy (non-hydrogen) atoms. The number of amides is 1. The molecule has 0 spiro atoms. The second-order valence-corrected chi connectivity index (χ2v) is 8.25. The minimum atomic E-state index is -0.0890. The molecule has 5 rings (SSSR count). The molecular formula is C21H26N6O2. The van der Waals surface area contributed by atoms with Crippen LogP contribution >= 0.6 is 0 Å². The molecule has 152 valence electrons. The van der Waals surface area contributed by atoms with E-state index in [2.05, 4.69) is 32.5 Å². The van der Waals surface area contributed by atoms with Crippen molar-refractivity contribution in [2.75, 3.05) is 7.05 Å². The fraction of sp³-hybridized carbons (Fsp3) is 0.524. The zero-order chi connectivity index (χ0) is 20.1. The lowest BCUT2D eigenvalue weighted by molar-refractivity contribution is 0.0884. The number of pyridine rings is 1. The molecule has 2 fully saturated rings. The number of aryl methyl sites for hydroxylation is 2. The first kappa shape index (κ1) is 18.3. The number of nitrogens with zero attached hydrogens (tertiary/aromatic N) is 5. The van der Waals surface area contributed by atoms with E-state index in [1.807, 2.05) is 36.9 Å². The van der Waals surface area contributed by atoms with Crippen LogP contribution in [0.4, 0.5) is 0 Å². The minimum Gasteiger partial charge on any atom is -0.349 e. The third-order valence-corrected chi connectivity index (χ3v) is 6.52. The van der Waals surface area contributed by atoms with Gasteiger partial charge in [0.2, 0.25) is 0 Å². The van der Waals surface area contributed by atoms with Crippen molar-refractivity contribution in [3.8, 4) is 11.4 Å². The molecule has 2 bridgehead atoms. The van der Waals surface area contributed by atoms with Crippen LogP contribution in [-0.4, -0.2) is 55.9 Å². The van der Waals surface area contributed by atoms with Gasteiger partial charge in [-0.15, -0.1) is 0 Å². The van der Waals surface area contributed by atoms with Crippen LogP contribution in [0, 0.1) is 6.92 Å². The summed E-state index contributed by atoms with van der Waals surface area (Å²) in [6.07, 6.45) is 6.36. The first-order chi connectivity index (χ1) is 14.0. The predicted octanol–water partition coefficient (Wildman–Crippen LogP) is 2.77. The number of nitrogens with one attached hydrogen (secondary N) is 1. The highest BCUT2D eigenvalue weighted by molar-refractivity contribution is 6.07. The van der Waals surface area contributed by atoms with E-state index in [1.165, 1.54) is 12.8 Å². The molecule has 8 nitrogen and oxygen atoms in total. The van der Waals surface area contributed by atoms with Crippen LogP contribution in [0.5, 0.6) is 0 Å². The maximum absolute atomic E-state index is 13.3. The highest BCUT2D eigenvalue weighted by Gasteiger charge is 2.39. The van der Waals surface area contributed by atoms with Gasteiger partial charge in [0.05, 0.1) is 22.3 Å². The smallest absolute Gasteiger partial charge is 0.259 e. The molecule has 1 amide bonds. The number of rotatable bonds is 4. The predicted molar refractivity (Wildman–Crippen MR) is 108 cm³/mol. The lowest BCUT2D eigenvalue weighted by atomic mass is 9.97. The average molecular weight is 394 g/mol. The standard InChI is InChI=1S/C21H26N6O2/c1-4-27-8-7-17(24-27)18-11-16(19-12(2)25-29-21(19)23-18)20(28)22-13-9-14-5-6-15(10-13)26(14)3/h7-8,11,13-15H,4-6,9-10H2,1-3H3,(H,22,28)/t14-,15-/m1/s1. The molecule has 0 aliphatic carbocycles. The Morgan fingerprint density at radius 1 is 1.28 bits per heavy atom. The van der Waals surface area contributed by atoms with Crippen molar-refractivity contribution in [1.29, 1.82) is 0 Å². The van der Waals surface area contributed by atoms with Gasteiger partial charge >= 0.3 is 0 Å². The molecule has 2 atom stereocenters. The minimum absolute atomic E-state index is 0.0890. The number of carbonyl (C=O) groups excluding carboxylic acids is 1.